The van der Waals surface area contributed by atoms with Crippen molar-refractivity contribution in [2.75, 3.05) is 13.7 Å². The molecule has 0 bridgehead atoms. The Morgan fingerprint density at radius 1 is 1.60 bits per heavy atom. The first-order valence-corrected chi connectivity index (χ1v) is 4.87. The molecule has 0 saturated heterocycles. The summed E-state index contributed by atoms with van der Waals surface area (Å²) in [5.74, 6) is -0.466. The average Bonchev–Trinajstić information content (AvgIpc) is 2.27. The van der Waals surface area contributed by atoms with E-state index in [-0.39, 0.29) is 30.0 Å². The molecular formula is C11H16O4. The van der Waals surface area contributed by atoms with Gasteiger partial charge in [0.1, 0.15) is 0 Å². The van der Waals surface area contributed by atoms with Crippen LogP contribution in [0.15, 0.2) is 24.0 Å². The normalized spacial score (nSPS) is 24.7. The highest BCUT2D eigenvalue weighted by Gasteiger charge is 2.25. The van der Waals surface area contributed by atoms with Crippen LogP contribution in [-0.4, -0.2) is 35.8 Å². The van der Waals surface area contributed by atoms with E-state index in [4.69, 9.17) is 9.84 Å². The van der Waals surface area contributed by atoms with Gasteiger partial charge in [0, 0.05) is 18.4 Å². The van der Waals surface area contributed by atoms with Crippen molar-refractivity contribution in [3.63, 3.8) is 0 Å². The minimum atomic E-state index is -0.704. The number of aliphatic hydroxyl groups excluding tert-OH is 2. The van der Waals surface area contributed by atoms with Crippen molar-refractivity contribution in [1.82, 2.24) is 0 Å². The maximum atomic E-state index is 11.2. The summed E-state index contributed by atoms with van der Waals surface area (Å²) >= 11 is 0. The Kier molecular flexibility index (Phi) is 4.05. The lowest BCUT2D eigenvalue weighted by Gasteiger charge is -2.24. The van der Waals surface area contributed by atoms with Crippen molar-refractivity contribution >= 4 is 5.78 Å². The van der Waals surface area contributed by atoms with Crippen LogP contribution in [0.4, 0.5) is 0 Å². The quantitative estimate of drug-likeness (QED) is 0.701. The molecule has 84 valence electrons. The molecule has 1 aliphatic carbocycles. The minimum Gasteiger partial charge on any atom is -0.493 e. The fraction of sp³-hybridized carbons (Fsp3) is 0.545. The molecule has 0 heterocycles. The van der Waals surface area contributed by atoms with Gasteiger partial charge in [-0.05, 0) is 12.2 Å². The van der Waals surface area contributed by atoms with Crippen molar-refractivity contribution in [3.8, 4) is 0 Å². The molecule has 0 fully saturated rings. The van der Waals surface area contributed by atoms with E-state index < -0.39 is 6.10 Å². The molecule has 1 aliphatic rings. The van der Waals surface area contributed by atoms with Crippen LogP contribution in [0.2, 0.25) is 0 Å². The highest BCUT2D eigenvalue weighted by Crippen LogP contribution is 2.21. The van der Waals surface area contributed by atoms with E-state index in [1.807, 2.05) is 0 Å². The zero-order valence-electron chi connectivity index (χ0n) is 8.88. The monoisotopic (exact) mass is 212 g/mol. The molecule has 15 heavy (non-hydrogen) atoms. The number of rotatable bonds is 4. The zero-order chi connectivity index (χ0) is 11.4. The van der Waals surface area contributed by atoms with Crippen LogP contribution < -0.4 is 0 Å². The minimum absolute atomic E-state index is 0.0877. The summed E-state index contributed by atoms with van der Waals surface area (Å²) in [6, 6.07) is 0. The van der Waals surface area contributed by atoms with Crippen LogP contribution >= 0.6 is 0 Å². The Balaban J connectivity index is 2.76. The van der Waals surface area contributed by atoms with Gasteiger partial charge in [-0.2, -0.15) is 0 Å². The smallest absolute Gasteiger partial charge is 0.219 e. The highest BCUT2D eigenvalue weighted by atomic mass is 16.5. The number of ether oxygens (including phenoxy) is 1. The summed E-state index contributed by atoms with van der Waals surface area (Å²) in [6.07, 6.45) is 3.89. The number of hydrogen-bond acceptors (Lipinski definition) is 4. The summed E-state index contributed by atoms with van der Waals surface area (Å²) in [5, 5.41) is 18.7. The predicted octanol–water partition coefficient (Wildman–Crippen LogP) is 0.261. The highest BCUT2D eigenvalue weighted by molar-refractivity contribution is 6.03. The van der Waals surface area contributed by atoms with E-state index in [0.29, 0.717) is 0 Å². The van der Waals surface area contributed by atoms with E-state index in [1.165, 1.54) is 13.2 Å². The van der Waals surface area contributed by atoms with Gasteiger partial charge < -0.3 is 14.9 Å². The number of allylic oxidation sites excluding steroid dienone is 1. The second-order valence-electron chi connectivity index (χ2n) is 3.69. The number of ketones is 1. The fourth-order valence-corrected chi connectivity index (χ4v) is 1.46. The maximum absolute atomic E-state index is 11.2. The van der Waals surface area contributed by atoms with Gasteiger partial charge >= 0.3 is 0 Å². The van der Waals surface area contributed by atoms with E-state index in [2.05, 4.69) is 0 Å². The Labute approximate surface area is 88.9 Å². The summed E-state index contributed by atoms with van der Waals surface area (Å²) < 4.78 is 4.88. The molecule has 4 nitrogen and oxygen atoms in total. The van der Waals surface area contributed by atoms with Crippen LogP contribution in [0.5, 0.6) is 0 Å². The maximum Gasteiger partial charge on any atom is 0.219 e. The first-order valence-electron chi connectivity index (χ1n) is 4.87. The molecule has 0 aromatic carbocycles. The Bertz CT molecular complexity index is 293. The topological polar surface area (TPSA) is 66.8 Å². The predicted molar refractivity (Wildman–Crippen MR) is 55.0 cm³/mol. The molecule has 0 aromatic heterocycles. The lowest BCUT2D eigenvalue weighted by molar-refractivity contribution is -0.114. The van der Waals surface area contributed by atoms with Gasteiger partial charge in [-0.15, -0.1) is 0 Å². The lowest BCUT2D eigenvalue weighted by Crippen LogP contribution is -2.29. The SMILES string of the molecule is COC1=CC(C(O)C(C)CO)C=CC1=O. The molecule has 0 amide bonds. The molecular weight excluding hydrogens is 196 g/mol. The number of carbonyl (C=O) groups excluding carboxylic acids is 1. The molecule has 3 atom stereocenters. The number of carbonyl (C=O) groups is 1. The van der Waals surface area contributed by atoms with Crippen LogP contribution in [0.1, 0.15) is 6.92 Å². The van der Waals surface area contributed by atoms with E-state index in [9.17, 15) is 9.90 Å². The van der Waals surface area contributed by atoms with E-state index in [0.717, 1.165) is 0 Å². The zero-order valence-corrected chi connectivity index (χ0v) is 8.88. The third-order valence-electron chi connectivity index (χ3n) is 2.54. The van der Waals surface area contributed by atoms with E-state index in [1.54, 1.807) is 19.1 Å². The molecule has 4 heteroatoms. The summed E-state index contributed by atoms with van der Waals surface area (Å²) in [4.78, 5) is 11.2. The largest absolute Gasteiger partial charge is 0.493 e. The first-order chi connectivity index (χ1) is 7.10. The number of methoxy groups -OCH3 is 1. The van der Waals surface area contributed by atoms with Crippen LogP contribution in [0, 0.1) is 11.8 Å². The van der Waals surface area contributed by atoms with Crippen molar-refractivity contribution in [1.29, 1.82) is 0 Å². The Morgan fingerprint density at radius 2 is 2.27 bits per heavy atom. The molecule has 0 saturated carbocycles. The van der Waals surface area contributed by atoms with Crippen molar-refractivity contribution < 1.29 is 19.7 Å². The summed E-state index contributed by atoms with van der Waals surface area (Å²) in [5.41, 5.74) is 0. The molecule has 3 unspecified atom stereocenters. The molecule has 0 aliphatic heterocycles. The van der Waals surface area contributed by atoms with Crippen LogP contribution in [-0.2, 0) is 9.53 Å². The first kappa shape index (κ1) is 11.9. The van der Waals surface area contributed by atoms with Crippen molar-refractivity contribution in [2.24, 2.45) is 11.8 Å². The summed E-state index contributed by atoms with van der Waals surface area (Å²) in [7, 11) is 1.42. The molecule has 0 aromatic rings. The molecule has 1 rings (SSSR count). The van der Waals surface area contributed by atoms with Crippen LogP contribution in [0.3, 0.4) is 0 Å². The van der Waals surface area contributed by atoms with Crippen molar-refractivity contribution in [2.45, 2.75) is 13.0 Å². The van der Waals surface area contributed by atoms with Crippen molar-refractivity contribution in [3.05, 3.63) is 24.0 Å². The van der Waals surface area contributed by atoms with Gasteiger partial charge in [0.25, 0.3) is 0 Å². The molecule has 0 spiro atoms. The Hall–Kier alpha value is -1.13. The number of aliphatic hydroxyl groups is 2. The van der Waals surface area contributed by atoms with Gasteiger partial charge in [0.05, 0.1) is 13.2 Å². The van der Waals surface area contributed by atoms with Gasteiger partial charge in [-0.25, -0.2) is 0 Å². The molecule has 0 radical (unpaired) electrons. The van der Waals surface area contributed by atoms with Crippen LogP contribution in [0.25, 0.3) is 0 Å². The van der Waals surface area contributed by atoms with Gasteiger partial charge in [0.2, 0.25) is 5.78 Å². The lowest BCUT2D eigenvalue weighted by atomic mass is 9.89. The second kappa shape index (κ2) is 5.09. The summed E-state index contributed by atoms with van der Waals surface area (Å²) in [6.45, 7) is 1.66. The van der Waals surface area contributed by atoms with Gasteiger partial charge in [-0.3, -0.25) is 4.79 Å². The average molecular weight is 212 g/mol. The second-order valence-corrected chi connectivity index (χ2v) is 3.69. The van der Waals surface area contributed by atoms with E-state index >= 15 is 0 Å². The number of hydrogen-bond donors (Lipinski definition) is 2. The standard InChI is InChI=1S/C11H16O4/c1-7(6-12)11(14)8-3-4-9(13)10(5-8)15-2/h3-5,7-8,11-12,14H,6H2,1-2H3. The molecule has 2 N–H and O–H groups in total. The fourth-order valence-electron chi connectivity index (χ4n) is 1.46. The van der Waals surface area contributed by atoms with Gasteiger partial charge in [-0.1, -0.05) is 13.0 Å². The van der Waals surface area contributed by atoms with Gasteiger partial charge in [0.15, 0.2) is 5.76 Å². The Morgan fingerprint density at radius 3 is 2.80 bits per heavy atom. The third-order valence-corrected chi connectivity index (χ3v) is 2.54. The third kappa shape index (κ3) is 2.67.